The number of nitrogens with zero attached hydrogens (tertiary/aromatic N) is 1. The van der Waals surface area contributed by atoms with Gasteiger partial charge in [-0.05, 0) is 45.2 Å². The van der Waals surface area contributed by atoms with Crippen LogP contribution in [0.4, 0.5) is 14.9 Å². The van der Waals surface area contributed by atoms with E-state index in [1.807, 2.05) is 24.3 Å². The van der Waals surface area contributed by atoms with Crippen LogP contribution in [0.2, 0.25) is 0 Å². The summed E-state index contributed by atoms with van der Waals surface area (Å²) in [6, 6.07) is 7.78. The van der Waals surface area contributed by atoms with Crippen LogP contribution in [0.3, 0.4) is 0 Å². The number of rotatable bonds is 0. The Kier molecular flexibility index (Phi) is 3.54. The second kappa shape index (κ2) is 5.14. The Labute approximate surface area is 130 Å². The Morgan fingerprint density at radius 1 is 1.41 bits per heavy atom. The Balaban J connectivity index is 1.88. The summed E-state index contributed by atoms with van der Waals surface area (Å²) < 4.78 is 20.7. The highest BCUT2D eigenvalue weighted by Crippen LogP contribution is 2.47. The van der Waals surface area contributed by atoms with Crippen LogP contribution in [0.1, 0.15) is 39.2 Å². The predicted molar refractivity (Wildman–Crippen MR) is 83.7 cm³/mol. The van der Waals surface area contributed by atoms with Crippen molar-refractivity contribution in [3.8, 4) is 0 Å². The second-order valence-electron chi connectivity index (χ2n) is 7.17. The van der Waals surface area contributed by atoms with E-state index in [0.717, 1.165) is 24.1 Å². The van der Waals surface area contributed by atoms with Gasteiger partial charge in [-0.15, -0.1) is 0 Å². The zero-order valence-corrected chi connectivity index (χ0v) is 13.4. The molecule has 1 saturated heterocycles. The topological polar surface area (TPSA) is 41.6 Å². The van der Waals surface area contributed by atoms with E-state index in [0.29, 0.717) is 13.1 Å². The Morgan fingerprint density at radius 3 is 2.86 bits per heavy atom. The van der Waals surface area contributed by atoms with Gasteiger partial charge in [0.05, 0.1) is 5.41 Å². The van der Waals surface area contributed by atoms with Crippen molar-refractivity contribution in [2.75, 3.05) is 18.4 Å². The minimum atomic E-state index is -1.37. The smallest absolute Gasteiger partial charge is 0.412 e. The molecular formula is C17H23FN2O2. The number of benzene rings is 1. The molecule has 22 heavy (non-hydrogen) atoms. The number of hydrogen-bond donors (Lipinski definition) is 1. The normalized spacial score (nSPS) is 27.5. The van der Waals surface area contributed by atoms with Gasteiger partial charge in [0.15, 0.2) is 6.30 Å². The highest BCUT2D eigenvalue weighted by molar-refractivity contribution is 5.70. The van der Waals surface area contributed by atoms with Crippen LogP contribution >= 0.6 is 0 Å². The molecule has 0 aliphatic carbocycles. The molecule has 1 fully saturated rings. The molecule has 2 heterocycles. The second-order valence-corrected chi connectivity index (χ2v) is 7.17. The van der Waals surface area contributed by atoms with Crippen LogP contribution in [-0.4, -0.2) is 36.0 Å². The van der Waals surface area contributed by atoms with Crippen LogP contribution in [0.25, 0.3) is 0 Å². The van der Waals surface area contributed by atoms with Crippen molar-refractivity contribution in [2.45, 2.75) is 50.9 Å². The molecule has 1 spiro atoms. The van der Waals surface area contributed by atoms with Gasteiger partial charge in [-0.3, -0.25) is 4.90 Å². The predicted octanol–water partition coefficient (Wildman–Crippen LogP) is 3.68. The average molecular weight is 306 g/mol. The zero-order valence-electron chi connectivity index (χ0n) is 13.4. The van der Waals surface area contributed by atoms with E-state index in [2.05, 4.69) is 5.32 Å². The van der Waals surface area contributed by atoms with Gasteiger partial charge in [0.2, 0.25) is 0 Å². The van der Waals surface area contributed by atoms with Crippen LogP contribution < -0.4 is 5.32 Å². The number of para-hydroxylation sites is 1. The molecule has 2 aliphatic heterocycles. The molecule has 2 unspecified atom stereocenters. The maximum Gasteiger partial charge on any atom is 0.412 e. The van der Waals surface area contributed by atoms with E-state index < -0.39 is 23.4 Å². The summed E-state index contributed by atoms with van der Waals surface area (Å²) in [4.78, 5) is 13.6. The number of anilines is 1. The highest BCUT2D eigenvalue weighted by atomic mass is 19.1. The molecule has 1 aromatic carbocycles. The van der Waals surface area contributed by atoms with Crippen molar-refractivity contribution in [2.24, 2.45) is 0 Å². The maximum absolute atomic E-state index is 15.3. The van der Waals surface area contributed by atoms with Crippen LogP contribution in [0.5, 0.6) is 0 Å². The highest BCUT2D eigenvalue weighted by Gasteiger charge is 2.52. The van der Waals surface area contributed by atoms with Crippen molar-refractivity contribution in [1.82, 2.24) is 4.90 Å². The van der Waals surface area contributed by atoms with E-state index in [-0.39, 0.29) is 0 Å². The molecular weight excluding hydrogens is 283 g/mol. The molecule has 2 atom stereocenters. The number of carbonyl (C=O) groups excluding carboxylic acids is 1. The maximum atomic E-state index is 15.3. The Morgan fingerprint density at radius 2 is 2.14 bits per heavy atom. The monoisotopic (exact) mass is 306 g/mol. The number of hydrogen-bond acceptors (Lipinski definition) is 3. The van der Waals surface area contributed by atoms with E-state index in [1.54, 1.807) is 20.8 Å². The molecule has 0 saturated carbocycles. The third kappa shape index (κ3) is 2.42. The van der Waals surface area contributed by atoms with Crippen molar-refractivity contribution >= 4 is 11.8 Å². The molecule has 5 heteroatoms. The number of alkyl halides is 1. The van der Waals surface area contributed by atoms with Crippen molar-refractivity contribution < 1.29 is 13.9 Å². The summed E-state index contributed by atoms with van der Waals surface area (Å²) in [6.07, 6.45) is -0.427. The first kappa shape index (κ1) is 15.1. The zero-order chi connectivity index (χ0) is 16.0. The van der Waals surface area contributed by atoms with E-state index in [9.17, 15) is 4.79 Å². The molecule has 0 bridgehead atoms. The number of likely N-dealkylation sites (tertiary alicyclic amines) is 1. The Bertz CT molecular complexity index is 580. The van der Waals surface area contributed by atoms with Gasteiger partial charge in [-0.1, -0.05) is 18.2 Å². The SMILES string of the molecule is CC(C)(C)OC(=O)N1CCCC2(CNc3ccccc32)C1F. The van der Waals surface area contributed by atoms with Gasteiger partial charge in [0, 0.05) is 18.8 Å². The lowest BCUT2D eigenvalue weighted by Gasteiger charge is -2.43. The molecule has 1 amide bonds. The van der Waals surface area contributed by atoms with Gasteiger partial charge in [0.25, 0.3) is 0 Å². The van der Waals surface area contributed by atoms with E-state index in [1.165, 1.54) is 4.90 Å². The van der Waals surface area contributed by atoms with Crippen LogP contribution in [-0.2, 0) is 10.2 Å². The molecule has 120 valence electrons. The minimum Gasteiger partial charge on any atom is -0.444 e. The third-order valence-corrected chi connectivity index (χ3v) is 4.44. The number of piperidine rings is 1. The van der Waals surface area contributed by atoms with Gasteiger partial charge in [-0.2, -0.15) is 0 Å². The summed E-state index contributed by atoms with van der Waals surface area (Å²) in [7, 11) is 0. The first-order chi connectivity index (χ1) is 10.3. The van der Waals surface area contributed by atoms with Crippen molar-refractivity contribution in [3.63, 3.8) is 0 Å². The minimum absolute atomic E-state index is 0.403. The molecule has 0 radical (unpaired) electrons. The molecule has 2 aliphatic rings. The Hall–Kier alpha value is -1.78. The number of fused-ring (bicyclic) bond motifs is 2. The lowest BCUT2D eigenvalue weighted by atomic mass is 9.74. The van der Waals surface area contributed by atoms with E-state index in [4.69, 9.17) is 4.74 Å². The standard InChI is InChI=1S/C17H23FN2O2/c1-16(2,3)22-15(21)20-10-6-9-17(14(20)18)11-19-13-8-5-4-7-12(13)17/h4-5,7-8,14,19H,6,9-11H2,1-3H3. The quantitative estimate of drug-likeness (QED) is 0.744. The first-order valence-corrected chi connectivity index (χ1v) is 7.81. The van der Waals surface area contributed by atoms with Crippen LogP contribution in [0, 0.1) is 0 Å². The lowest BCUT2D eigenvalue weighted by Crippen LogP contribution is -2.56. The number of halogens is 1. The number of ether oxygens (including phenoxy) is 1. The molecule has 3 rings (SSSR count). The molecule has 1 aromatic rings. The van der Waals surface area contributed by atoms with Gasteiger partial charge >= 0.3 is 6.09 Å². The van der Waals surface area contributed by atoms with Gasteiger partial charge in [-0.25, -0.2) is 9.18 Å². The number of nitrogens with one attached hydrogen (secondary N) is 1. The summed E-state index contributed by atoms with van der Waals surface area (Å²) in [5, 5.41) is 3.28. The number of carbonyl (C=O) groups is 1. The largest absolute Gasteiger partial charge is 0.444 e. The van der Waals surface area contributed by atoms with Crippen molar-refractivity contribution in [3.05, 3.63) is 29.8 Å². The fourth-order valence-electron chi connectivity index (χ4n) is 3.46. The first-order valence-electron chi connectivity index (χ1n) is 7.81. The summed E-state index contributed by atoms with van der Waals surface area (Å²) >= 11 is 0. The number of amides is 1. The lowest BCUT2D eigenvalue weighted by molar-refractivity contribution is -0.0411. The average Bonchev–Trinajstić information content (AvgIpc) is 2.80. The molecule has 1 N–H and O–H groups in total. The van der Waals surface area contributed by atoms with Crippen LogP contribution in [0.15, 0.2) is 24.3 Å². The summed E-state index contributed by atoms with van der Waals surface area (Å²) in [5.41, 5.74) is 0.658. The fraction of sp³-hybridized carbons (Fsp3) is 0.588. The van der Waals surface area contributed by atoms with Gasteiger partial charge in [0.1, 0.15) is 5.60 Å². The molecule has 4 nitrogen and oxygen atoms in total. The third-order valence-electron chi connectivity index (χ3n) is 4.44. The fourth-order valence-corrected chi connectivity index (χ4v) is 3.46. The molecule has 0 aromatic heterocycles. The van der Waals surface area contributed by atoms with Crippen molar-refractivity contribution in [1.29, 1.82) is 0 Å². The van der Waals surface area contributed by atoms with Gasteiger partial charge < -0.3 is 10.1 Å². The summed E-state index contributed by atoms with van der Waals surface area (Å²) in [6.45, 7) is 6.31. The van der Waals surface area contributed by atoms with E-state index >= 15 is 4.39 Å². The summed E-state index contributed by atoms with van der Waals surface area (Å²) in [5.74, 6) is 0.